The predicted octanol–water partition coefficient (Wildman–Crippen LogP) is 4.83. The molecule has 1 heterocycles. The Bertz CT molecular complexity index is 815. The Balaban J connectivity index is 1.76. The Kier molecular flexibility index (Phi) is 5.29. The van der Waals surface area contributed by atoms with Crippen molar-refractivity contribution in [1.29, 1.82) is 5.26 Å². The highest BCUT2D eigenvalue weighted by Gasteiger charge is 2.39. The third kappa shape index (κ3) is 3.59. The van der Waals surface area contributed by atoms with Crippen molar-refractivity contribution < 1.29 is 9.50 Å². The smallest absolute Gasteiger partial charge is 0.126 e. The molecule has 1 N–H and O–H groups in total. The number of piperidine rings is 1. The van der Waals surface area contributed by atoms with Crippen LogP contribution in [0.4, 0.5) is 4.39 Å². The fourth-order valence-electron chi connectivity index (χ4n) is 3.64. The molecular weight excluding hydrogens is 327 g/mol. The number of aromatic hydroxyl groups is 1. The molecule has 26 heavy (non-hydrogen) atoms. The van der Waals surface area contributed by atoms with E-state index in [-0.39, 0.29) is 12.2 Å². The molecule has 3 rings (SSSR count). The first-order chi connectivity index (χ1) is 12.4. The van der Waals surface area contributed by atoms with Gasteiger partial charge >= 0.3 is 0 Å². The molecule has 0 radical (unpaired) electrons. The molecule has 2 aromatic rings. The lowest BCUT2D eigenvalue weighted by atomic mass is 9.76. The molecule has 0 amide bonds. The number of hydrogen-bond acceptors (Lipinski definition) is 3. The first-order valence-electron chi connectivity index (χ1n) is 9.05. The van der Waals surface area contributed by atoms with Crippen LogP contribution in [0, 0.1) is 23.7 Å². The van der Waals surface area contributed by atoms with Crippen LogP contribution in [0.3, 0.4) is 0 Å². The zero-order chi connectivity index (χ0) is 18.7. The molecule has 3 nitrogen and oxygen atoms in total. The zero-order valence-electron chi connectivity index (χ0n) is 15.4. The van der Waals surface area contributed by atoms with Gasteiger partial charge in [-0.2, -0.15) is 5.26 Å². The standard InChI is InChI=1S/C22H25FN2O/c1-16-18(8-9-19(21(16)26)17-6-4-3-5-7-17)14-25-13-11-22(2,10-12-24)20(23)15-25/h3-9,20,26H,10-11,13-15H2,1-2H3. The van der Waals surface area contributed by atoms with Gasteiger partial charge in [0.1, 0.15) is 11.9 Å². The van der Waals surface area contributed by atoms with E-state index >= 15 is 0 Å². The summed E-state index contributed by atoms with van der Waals surface area (Å²) in [5, 5.41) is 19.6. The fraction of sp³-hybridized carbons (Fsp3) is 0.409. The van der Waals surface area contributed by atoms with Gasteiger partial charge in [-0.25, -0.2) is 4.39 Å². The quantitative estimate of drug-likeness (QED) is 0.857. The molecule has 0 spiro atoms. The van der Waals surface area contributed by atoms with Gasteiger partial charge in [0.25, 0.3) is 0 Å². The second-order valence-corrected chi connectivity index (χ2v) is 7.55. The van der Waals surface area contributed by atoms with Crippen molar-refractivity contribution in [1.82, 2.24) is 4.90 Å². The number of rotatable bonds is 4. The third-order valence-corrected chi connectivity index (χ3v) is 5.68. The summed E-state index contributed by atoms with van der Waals surface area (Å²) in [4.78, 5) is 2.08. The number of likely N-dealkylation sites (tertiary alicyclic amines) is 1. The highest BCUT2D eigenvalue weighted by Crippen LogP contribution is 2.38. The molecule has 1 aliphatic rings. The van der Waals surface area contributed by atoms with Gasteiger partial charge in [0.2, 0.25) is 0 Å². The van der Waals surface area contributed by atoms with Crippen molar-refractivity contribution in [3.05, 3.63) is 53.6 Å². The van der Waals surface area contributed by atoms with Gasteiger partial charge in [0.15, 0.2) is 0 Å². The molecule has 0 saturated carbocycles. The second-order valence-electron chi connectivity index (χ2n) is 7.55. The average Bonchev–Trinajstić information content (AvgIpc) is 2.63. The SMILES string of the molecule is Cc1c(CN2CCC(C)(CC#N)C(F)C2)ccc(-c2ccccc2)c1O. The Morgan fingerprint density at radius 2 is 2.00 bits per heavy atom. The number of phenols is 1. The lowest BCUT2D eigenvalue weighted by molar-refractivity contribution is 0.0185. The highest BCUT2D eigenvalue weighted by atomic mass is 19.1. The van der Waals surface area contributed by atoms with E-state index in [1.54, 1.807) is 0 Å². The van der Waals surface area contributed by atoms with E-state index in [0.29, 0.717) is 19.5 Å². The molecule has 0 bridgehead atoms. The molecule has 1 aliphatic heterocycles. The van der Waals surface area contributed by atoms with Crippen molar-refractivity contribution in [3.8, 4) is 22.9 Å². The molecule has 0 aromatic heterocycles. The minimum atomic E-state index is -1.01. The highest BCUT2D eigenvalue weighted by molar-refractivity contribution is 5.72. The Morgan fingerprint density at radius 3 is 2.65 bits per heavy atom. The maximum absolute atomic E-state index is 14.6. The summed E-state index contributed by atoms with van der Waals surface area (Å²) in [7, 11) is 0. The van der Waals surface area contributed by atoms with Gasteiger partial charge in [-0.05, 0) is 36.6 Å². The van der Waals surface area contributed by atoms with E-state index in [4.69, 9.17) is 5.26 Å². The minimum Gasteiger partial charge on any atom is -0.507 e. The molecule has 0 aliphatic carbocycles. The normalized spacial score (nSPS) is 23.5. The van der Waals surface area contributed by atoms with Crippen LogP contribution in [0.5, 0.6) is 5.75 Å². The lowest BCUT2D eigenvalue weighted by Gasteiger charge is -2.41. The van der Waals surface area contributed by atoms with E-state index in [2.05, 4.69) is 11.0 Å². The maximum Gasteiger partial charge on any atom is 0.126 e. The van der Waals surface area contributed by atoms with Crippen LogP contribution < -0.4 is 0 Å². The van der Waals surface area contributed by atoms with E-state index in [1.165, 1.54) is 0 Å². The number of hydrogen-bond donors (Lipinski definition) is 1. The van der Waals surface area contributed by atoms with E-state index in [1.807, 2.05) is 56.3 Å². The van der Waals surface area contributed by atoms with Crippen molar-refractivity contribution in [3.63, 3.8) is 0 Å². The molecule has 2 aromatic carbocycles. The van der Waals surface area contributed by atoms with Gasteiger partial charge in [-0.3, -0.25) is 4.90 Å². The van der Waals surface area contributed by atoms with Gasteiger partial charge < -0.3 is 5.11 Å². The second kappa shape index (κ2) is 7.47. The van der Waals surface area contributed by atoms with Crippen LogP contribution in [0.2, 0.25) is 0 Å². The minimum absolute atomic E-state index is 0.258. The third-order valence-electron chi connectivity index (χ3n) is 5.68. The molecule has 2 atom stereocenters. The summed E-state index contributed by atoms with van der Waals surface area (Å²) in [6, 6.07) is 15.9. The fourth-order valence-corrected chi connectivity index (χ4v) is 3.64. The first-order valence-corrected chi connectivity index (χ1v) is 9.05. The van der Waals surface area contributed by atoms with Crippen molar-refractivity contribution in [2.75, 3.05) is 13.1 Å². The van der Waals surface area contributed by atoms with E-state index < -0.39 is 11.6 Å². The maximum atomic E-state index is 14.6. The Labute approximate surface area is 154 Å². The molecule has 4 heteroatoms. The molecule has 2 unspecified atom stereocenters. The summed E-state index contributed by atoms with van der Waals surface area (Å²) in [6.07, 6.45) is -0.0731. The predicted molar refractivity (Wildman–Crippen MR) is 101 cm³/mol. The molecule has 1 fully saturated rings. The topological polar surface area (TPSA) is 47.3 Å². The summed E-state index contributed by atoms with van der Waals surface area (Å²) in [6.45, 7) is 5.48. The summed E-state index contributed by atoms with van der Waals surface area (Å²) in [5.41, 5.74) is 3.11. The zero-order valence-corrected chi connectivity index (χ0v) is 15.4. The van der Waals surface area contributed by atoms with Gasteiger partial charge in [0, 0.05) is 30.5 Å². The van der Waals surface area contributed by atoms with Crippen LogP contribution >= 0.6 is 0 Å². The largest absolute Gasteiger partial charge is 0.507 e. The molecular formula is C22H25FN2O. The first kappa shape index (κ1) is 18.4. The van der Waals surface area contributed by atoms with Crippen LogP contribution in [-0.2, 0) is 6.54 Å². The van der Waals surface area contributed by atoms with Gasteiger partial charge in [0.05, 0.1) is 6.07 Å². The number of halogens is 1. The number of nitriles is 1. The van der Waals surface area contributed by atoms with Crippen molar-refractivity contribution in [2.24, 2.45) is 5.41 Å². The van der Waals surface area contributed by atoms with E-state index in [0.717, 1.165) is 28.8 Å². The van der Waals surface area contributed by atoms with Crippen LogP contribution in [-0.4, -0.2) is 29.3 Å². The molecule has 1 saturated heterocycles. The Hall–Kier alpha value is -2.38. The van der Waals surface area contributed by atoms with Crippen LogP contribution in [0.15, 0.2) is 42.5 Å². The van der Waals surface area contributed by atoms with Crippen LogP contribution in [0.25, 0.3) is 11.1 Å². The summed E-state index contributed by atoms with van der Waals surface area (Å²) >= 11 is 0. The van der Waals surface area contributed by atoms with Crippen molar-refractivity contribution in [2.45, 2.75) is 39.4 Å². The average molecular weight is 352 g/mol. The Morgan fingerprint density at radius 1 is 1.27 bits per heavy atom. The summed E-state index contributed by atoms with van der Waals surface area (Å²) < 4.78 is 14.6. The van der Waals surface area contributed by atoms with E-state index in [9.17, 15) is 9.50 Å². The number of benzene rings is 2. The lowest BCUT2D eigenvalue weighted by Crippen LogP contribution is -2.47. The number of nitrogens with zero attached hydrogens (tertiary/aromatic N) is 2. The summed E-state index contributed by atoms with van der Waals surface area (Å²) in [5.74, 6) is 0.289. The number of alkyl halides is 1. The monoisotopic (exact) mass is 352 g/mol. The number of phenolic OH excluding ortho intramolecular Hbond substituents is 1. The molecule has 136 valence electrons. The van der Waals surface area contributed by atoms with Gasteiger partial charge in [-0.15, -0.1) is 0 Å². The van der Waals surface area contributed by atoms with Crippen LogP contribution in [0.1, 0.15) is 30.9 Å². The van der Waals surface area contributed by atoms with Crippen molar-refractivity contribution >= 4 is 0 Å². The van der Waals surface area contributed by atoms with Gasteiger partial charge in [-0.1, -0.05) is 49.4 Å².